The second-order valence-corrected chi connectivity index (χ2v) is 15.9. The van der Waals surface area contributed by atoms with Crippen LogP contribution in [0.15, 0.2) is 65.7 Å². The SMILES string of the molecule is CC(C)(CCCCc1cc(Oc2ccc(SNc3ccc(C(=O)NCCOCCOCC(=O)NCCOCCOCC(=O)O)cn3)cc2)ccc1F)CC(C)(C)C(=O)O. The van der Waals surface area contributed by atoms with Crippen LogP contribution in [0.3, 0.4) is 0 Å². The number of halogens is 1. The fourth-order valence-corrected chi connectivity index (χ4v) is 6.53. The van der Waals surface area contributed by atoms with Gasteiger partial charge in [-0.2, -0.15) is 0 Å². The number of carbonyl (C=O) groups is 4. The number of aromatic nitrogens is 1. The maximum Gasteiger partial charge on any atom is 0.329 e. The minimum Gasteiger partial charge on any atom is -0.481 e. The Hall–Kier alpha value is -4.81. The third kappa shape index (κ3) is 20.1. The third-order valence-electron chi connectivity index (χ3n) is 8.73. The van der Waals surface area contributed by atoms with Crippen LogP contribution in [0.25, 0.3) is 0 Å². The smallest absolute Gasteiger partial charge is 0.329 e. The van der Waals surface area contributed by atoms with E-state index >= 15 is 0 Å². The summed E-state index contributed by atoms with van der Waals surface area (Å²) in [5, 5.41) is 23.3. The van der Waals surface area contributed by atoms with Crippen molar-refractivity contribution in [3.8, 4) is 11.5 Å². The van der Waals surface area contributed by atoms with E-state index in [0.717, 1.165) is 24.2 Å². The van der Waals surface area contributed by atoms with E-state index in [4.69, 9.17) is 28.8 Å². The summed E-state index contributed by atoms with van der Waals surface area (Å²) in [6.07, 6.45) is 5.07. The van der Waals surface area contributed by atoms with Gasteiger partial charge in [-0.05, 0) is 117 Å². The number of hydrogen-bond donors (Lipinski definition) is 5. The van der Waals surface area contributed by atoms with Crippen molar-refractivity contribution in [3.63, 3.8) is 0 Å². The molecule has 1 aromatic heterocycles. The minimum atomic E-state index is -1.05. The highest BCUT2D eigenvalue weighted by Crippen LogP contribution is 2.38. The Labute approximate surface area is 349 Å². The Morgan fingerprint density at radius 3 is 2.05 bits per heavy atom. The standard InChI is InChI=1S/C42H57FN4O11S/c1-41(2,29-42(3,4)40(52)53)16-6-5-7-30-25-33(11-14-35(30)43)58-32-9-12-34(13-10-32)59-47-36-15-8-31(26-46-36)39(51)45-18-20-55-21-23-56-27-37(48)44-17-19-54-22-24-57-28-38(49)50/h8-15,25-26H,5-7,16-24,27-29H2,1-4H3,(H,44,48)(H,45,51)(H,46,47)(H,49,50)(H,52,53). The number of amides is 2. The maximum atomic E-state index is 14.6. The number of pyridine rings is 1. The number of rotatable bonds is 30. The first kappa shape index (κ1) is 48.6. The van der Waals surface area contributed by atoms with Gasteiger partial charge in [0.1, 0.15) is 36.3 Å². The number of aryl methyl sites for hydroxylation is 1. The van der Waals surface area contributed by atoms with E-state index in [9.17, 15) is 28.7 Å². The van der Waals surface area contributed by atoms with Crippen LogP contribution in [-0.2, 0) is 39.8 Å². The van der Waals surface area contributed by atoms with Crippen LogP contribution in [0.1, 0.15) is 69.3 Å². The second kappa shape index (κ2) is 25.6. The molecule has 0 aliphatic carbocycles. The van der Waals surface area contributed by atoms with Crippen LogP contribution < -0.4 is 20.1 Å². The summed E-state index contributed by atoms with van der Waals surface area (Å²) in [5.74, 6) is -1.04. The van der Waals surface area contributed by atoms with Gasteiger partial charge in [0.25, 0.3) is 5.91 Å². The van der Waals surface area contributed by atoms with E-state index < -0.39 is 17.4 Å². The molecular weight excluding hydrogens is 788 g/mol. The number of carboxylic acid groups (broad SMARTS) is 2. The predicted molar refractivity (Wildman–Crippen MR) is 220 cm³/mol. The lowest BCUT2D eigenvalue weighted by Crippen LogP contribution is -2.31. The first-order valence-corrected chi connectivity index (χ1v) is 20.2. The number of anilines is 1. The van der Waals surface area contributed by atoms with Crippen LogP contribution in [0.5, 0.6) is 11.5 Å². The van der Waals surface area contributed by atoms with E-state index in [0.29, 0.717) is 41.3 Å². The molecule has 0 radical (unpaired) electrons. The van der Waals surface area contributed by atoms with Gasteiger partial charge in [-0.25, -0.2) is 14.2 Å². The largest absolute Gasteiger partial charge is 0.481 e. The molecule has 0 saturated carbocycles. The van der Waals surface area contributed by atoms with Crippen LogP contribution >= 0.6 is 11.9 Å². The van der Waals surface area contributed by atoms with E-state index in [1.54, 1.807) is 38.1 Å². The molecule has 0 spiro atoms. The number of benzene rings is 2. The lowest BCUT2D eigenvalue weighted by atomic mass is 9.72. The highest BCUT2D eigenvalue weighted by molar-refractivity contribution is 8.00. The predicted octanol–water partition coefficient (Wildman–Crippen LogP) is 6.37. The van der Waals surface area contributed by atoms with Crippen molar-refractivity contribution in [2.45, 2.75) is 64.7 Å². The fourth-order valence-electron chi connectivity index (χ4n) is 5.91. The number of aliphatic carboxylic acids is 2. The second-order valence-electron chi connectivity index (χ2n) is 15.0. The number of unbranched alkanes of at least 4 members (excludes halogenated alkanes) is 1. The van der Waals surface area contributed by atoms with Crippen molar-refractivity contribution in [2.24, 2.45) is 10.8 Å². The monoisotopic (exact) mass is 844 g/mol. The van der Waals surface area contributed by atoms with Crippen molar-refractivity contribution < 1.29 is 57.5 Å². The lowest BCUT2D eigenvalue weighted by Gasteiger charge is -2.32. The topological polar surface area (TPSA) is 204 Å². The van der Waals surface area contributed by atoms with Crippen molar-refractivity contribution >= 4 is 41.5 Å². The molecule has 0 aliphatic heterocycles. The number of nitrogens with zero attached hydrogens (tertiary/aromatic N) is 1. The van der Waals surface area contributed by atoms with Gasteiger partial charge in [0, 0.05) is 24.2 Å². The molecule has 0 bridgehead atoms. The molecule has 5 N–H and O–H groups in total. The number of hydrogen-bond acceptors (Lipinski definition) is 12. The summed E-state index contributed by atoms with van der Waals surface area (Å²) in [4.78, 5) is 51.4. The normalized spacial score (nSPS) is 11.5. The van der Waals surface area contributed by atoms with Crippen molar-refractivity contribution in [2.75, 3.05) is 70.7 Å². The fraction of sp³-hybridized carbons (Fsp3) is 0.500. The molecule has 0 unspecified atom stereocenters. The summed E-state index contributed by atoms with van der Waals surface area (Å²) in [6.45, 7) is 9.02. The number of carbonyl (C=O) groups excluding carboxylic acids is 2. The Morgan fingerprint density at radius 2 is 1.41 bits per heavy atom. The summed E-state index contributed by atoms with van der Waals surface area (Å²) in [7, 11) is 0. The zero-order chi connectivity index (χ0) is 43.1. The van der Waals surface area contributed by atoms with Crippen molar-refractivity contribution in [3.05, 3.63) is 77.7 Å². The zero-order valence-electron chi connectivity index (χ0n) is 34.2. The molecule has 1 heterocycles. The number of ether oxygens (including phenoxy) is 5. The Morgan fingerprint density at radius 1 is 0.763 bits per heavy atom. The third-order valence-corrected chi connectivity index (χ3v) is 9.55. The summed E-state index contributed by atoms with van der Waals surface area (Å²) in [5.41, 5.74) is 0.0294. The van der Waals surface area contributed by atoms with Crippen molar-refractivity contribution in [1.82, 2.24) is 15.6 Å². The first-order chi connectivity index (χ1) is 28.1. The maximum absolute atomic E-state index is 14.6. The Kier molecular flexibility index (Phi) is 21.1. The molecule has 0 saturated heterocycles. The molecule has 15 nitrogen and oxygen atoms in total. The van der Waals surface area contributed by atoms with E-state index in [2.05, 4.69) is 34.2 Å². The van der Waals surface area contributed by atoms with Crippen LogP contribution in [0, 0.1) is 16.6 Å². The Balaban J connectivity index is 1.27. The quantitative estimate of drug-likeness (QED) is 0.0366. The molecule has 2 aromatic carbocycles. The van der Waals surface area contributed by atoms with Gasteiger partial charge in [0.2, 0.25) is 5.91 Å². The average molecular weight is 845 g/mol. The highest BCUT2D eigenvalue weighted by atomic mass is 32.2. The summed E-state index contributed by atoms with van der Waals surface area (Å²) in [6, 6.07) is 15.5. The van der Waals surface area contributed by atoms with E-state index in [1.807, 2.05) is 24.3 Å². The average Bonchev–Trinajstić information content (AvgIpc) is 3.19. The molecular formula is C42H57FN4O11S. The van der Waals surface area contributed by atoms with Crippen molar-refractivity contribution in [1.29, 1.82) is 0 Å². The highest BCUT2D eigenvalue weighted by Gasteiger charge is 2.34. The summed E-state index contributed by atoms with van der Waals surface area (Å²) >= 11 is 1.34. The van der Waals surface area contributed by atoms with Gasteiger partial charge in [0.15, 0.2) is 0 Å². The molecule has 17 heteroatoms. The molecule has 3 rings (SSSR count). The summed E-state index contributed by atoms with van der Waals surface area (Å²) < 4.78 is 44.5. The van der Waals surface area contributed by atoms with Gasteiger partial charge >= 0.3 is 11.9 Å². The van der Waals surface area contributed by atoms with E-state index in [1.165, 1.54) is 24.2 Å². The lowest BCUT2D eigenvalue weighted by molar-refractivity contribution is -0.148. The van der Waals surface area contributed by atoms with Gasteiger partial charge in [-0.1, -0.05) is 20.3 Å². The van der Waals surface area contributed by atoms with E-state index in [-0.39, 0.29) is 89.0 Å². The zero-order valence-corrected chi connectivity index (χ0v) is 35.0. The molecule has 2 amide bonds. The van der Waals surface area contributed by atoms with Gasteiger partial charge in [-0.15, -0.1) is 0 Å². The molecule has 0 aliphatic rings. The number of nitrogens with one attached hydrogen (secondary N) is 3. The van der Waals surface area contributed by atoms with Crippen LogP contribution in [-0.4, -0.2) is 105 Å². The molecule has 59 heavy (non-hydrogen) atoms. The van der Waals surface area contributed by atoms with Gasteiger partial charge < -0.3 is 49.3 Å². The molecule has 3 aromatic rings. The van der Waals surface area contributed by atoms with Crippen LogP contribution in [0.2, 0.25) is 0 Å². The molecule has 324 valence electrons. The minimum absolute atomic E-state index is 0.138. The van der Waals surface area contributed by atoms with Crippen LogP contribution in [0.4, 0.5) is 10.2 Å². The molecule has 0 atom stereocenters. The van der Waals surface area contributed by atoms with Gasteiger partial charge in [0.05, 0.1) is 50.6 Å². The first-order valence-electron chi connectivity index (χ1n) is 19.4. The van der Waals surface area contributed by atoms with Gasteiger partial charge in [-0.3, -0.25) is 14.4 Å². The number of carboxylic acids is 2. The molecule has 0 fully saturated rings. The Bertz CT molecular complexity index is 1760.